The van der Waals surface area contributed by atoms with Crippen molar-refractivity contribution < 1.29 is 24.6 Å². The van der Waals surface area contributed by atoms with Gasteiger partial charge in [0.1, 0.15) is 11.5 Å². The highest BCUT2D eigenvalue weighted by Gasteiger charge is 2.28. The Balaban J connectivity index is 2.14. The number of rotatable bonds is 7. The lowest BCUT2D eigenvalue weighted by molar-refractivity contribution is 0.0686. The Morgan fingerprint density at radius 3 is 2.19 bits per heavy atom. The molecule has 0 aliphatic carbocycles. The number of carboxylic acids is 1. The van der Waals surface area contributed by atoms with Gasteiger partial charge in [-0.15, -0.1) is 0 Å². The first-order chi connectivity index (χ1) is 15.1. The molecular formula is C25H30N2O5. The van der Waals surface area contributed by atoms with E-state index in [4.69, 9.17) is 4.52 Å². The van der Waals surface area contributed by atoms with E-state index in [1.165, 1.54) is 6.07 Å². The molecule has 7 nitrogen and oxygen atoms in total. The van der Waals surface area contributed by atoms with Gasteiger partial charge < -0.3 is 19.8 Å². The van der Waals surface area contributed by atoms with Crippen LogP contribution in [0.3, 0.4) is 0 Å². The van der Waals surface area contributed by atoms with Crippen molar-refractivity contribution in [3.05, 3.63) is 53.2 Å². The Morgan fingerprint density at radius 2 is 1.66 bits per heavy atom. The van der Waals surface area contributed by atoms with Gasteiger partial charge in [-0.2, -0.15) is 0 Å². The van der Waals surface area contributed by atoms with E-state index in [0.717, 1.165) is 25.2 Å². The van der Waals surface area contributed by atoms with Crippen LogP contribution in [-0.2, 0) is 12.0 Å². The summed E-state index contributed by atoms with van der Waals surface area (Å²) in [6.45, 7) is 12.7. The van der Waals surface area contributed by atoms with Gasteiger partial charge in [-0.1, -0.05) is 64.0 Å². The number of carboxylic acid groups (broad SMARTS) is 1. The second-order valence-corrected chi connectivity index (χ2v) is 8.84. The van der Waals surface area contributed by atoms with Crippen LogP contribution in [0.5, 0.6) is 11.5 Å². The second kappa shape index (κ2) is 9.04. The molecule has 0 aliphatic heterocycles. The van der Waals surface area contributed by atoms with Gasteiger partial charge in [0.15, 0.2) is 11.5 Å². The maximum Gasteiger partial charge on any atom is 0.358 e. The van der Waals surface area contributed by atoms with Gasteiger partial charge in [0.05, 0.1) is 11.1 Å². The normalized spacial score (nSPS) is 11.8. The van der Waals surface area contributed by atoms with Crippen molar-refractivity contribution in [3.63, 3.8) is 0 Å². The van der Waals surface area contributed by atoms with Crippen molar-refractivity contribution in [2.75, 3.05) is 13.1 Å². The van der Waals surface area contributed by atoms with Crippen LogP contribution in [0.4, 0.5) is 0 Å². The van der Waals surface area contributed by atoms with Gasteiger partial charge in [-0.3, -0.25) is 4.90 Å². The first-order valence-electron chi connectivity index (χ1n) is 10.7. The number of nitrogens with zero attached hydrogens (tertiary/aromatic N) is 2. The smallest absolute Gasteiger partial charge is 0.358 e. The molecule has 0 saturated heterocycles. The molecule has 0 aliphatic rings. The molecule has 0 unspecified atom stereocenters. The molecule has 3 N–H and O–H groups in total. The van der Waals surface area contributed by atoms with Crippen molar-refractivity contribution in [1.82, 2.24) is 10.1 Å². The lowest BCUT2D eigenvalue weighted by Crippen LogP contribution is -2.21. The van der Waals surface area contributed by atoms with Gasteiger partial charge in [0, 0.05) is 18.2 Å². The molecule has 0 bridgehead atoms. The molecule has 3 aromatic rings. The third-order valence-corrected chi connectivity index (χ3v) is 5.60. The molecule has 7 heteroatoms. The zero-order chi connectivity index (χ0) is 23.6. The summed E-state index contributed by atoms with van der Waals surface area (Å²) in [6.07, 6.45) is 0. The second-order valence-electron chi connectivity index (χ2n) is 8.84. The largest absolute Gasteiger partial charge is 0.508 e. The summed E-state index contributed by atoms with van der Waals surface area (Å²) in [4.78, 5) is 14.1. The maximum absolute atomic E-state index is 11.9. The number of hydrogen-bond acceptors (Lipinski definition) is 6. The summed E-state index contributed by atoms with van der Waals surface area (Å²) in [5, 5.41) is 34.3. The van der Waals surface area contributed by atoms with Crippen LogP contribution in [0.25, 0.3) is 22.5 Å². The van der Waals surface area contributed by atoms with Gasteiger partial charge in [-0.25, -0.2) is 4.79 Å². The quantitative estimate of drug-likeness (QED) is 0.462. The van der Waals surface area contributed by atoms with Crippen molar-refractivity contribution in [1.29, 1.82) is 0 Å². The first-order valence-corrected chi connectivity index (χ1v) is 10.7. The van der Waals surface area contributed by atoms with Crippen LogP contribution in [-0.4, -0.2) is 44.4 Å². The van der Waals surface area contributed by atoms with E-state index in [9.17, 15) is 20.1 Å². The molecule has 0 amide bonds. The maximum atomic E-state index is 11.9. The Hall–Kier alpha value is -3.32. The van der Waals surface area contributed by atoms with Crippen LogP contribution in [0.1, 0.15) is 56.2 Å². The minimum absolute atomic E-state index is 0.0426. The molecule has 1 heterocycles. The van der Waals surface area contributed by atoms with Crippen molar-refractivity contribution >= 4 is 5.97 Å². The Bertz CT molecular complexity index is 1110. The van der Waals surface area contributed by atoms with Crippen LogP contribution < -0.4 is 0 Å². The summed E-state index contributed by atoms with van der Waals surface area (Å²) in [6, 6.07) is 10.4. The fourth-order valence-electron chi connectivity index (χ4n) is 3.73. The van der Waals surface area contributed by atoms with Crippen molar-refractivity contribution in [3.8, 4) is 33.9 Å². The summed E-state index contributed by atoms with van der Waals surface area (Å²) < 4.78 is 5.43. The lowest BCUT2D eigenvalue weighted by Gasteiger charge is -2.21. The number of benzene rings is 2. The molecule has 3 rings (SSSR count). The zero-order valence-corrected chi connectivity index (χ0v) is 19.1. The molecule has 2 aromatic carbocycles. The minimum atomic E-state index is -1.23. The molecule has 0 radical (unpaired) electrons. The highest BCUT2D eigenvalue weighted by Crippen LogP contribution is 2.44. The number of aromatic nitrogens is 1. The average Bonchev–Trinajstić information content (AvgIpc) is 3.16. The van der Waals surface area contributed by atoms with Crippen molar-refractivity contribution in [2.24, 2.45) is 0 Å². The van der Waals surface area contributed by atoms with E-state index in [2.05, 4.69) is 23.9 Å². The number of phenolic OH excluding ortho intramolecular Hbond substituents is 2. The third kappa shape index (κ3) is 4.62. The highest BCUT2D eigenvalue weighted by molar-refractivity contribution is 5.99. The molecule has 0 spiro atoms. The van der Waals surface area contributed by atoms with E-state index in [1.54, 1.807) is 6.07 Å². The van der Waals surface area contributed by atoms with Gasteiger partial charge >= 0.3 is 5.97 Å². The summed E-state index contributed by atoms with van der Waals surface area (Å²) in [5.74, 6) is -1.35. The van der Waals surface area contributed by atoms with E-state index >= 15 is 0 Å². The van der Waals surface area contributed by atoms with Gasteiger partial charge in [-0.05, 0) is 35.7 Å². The first kappa shape index (κ1) is 23.3. The molecular weight excluding hydrogens is 408 g/mol. The zero-order valence-electron chi connectivity index (χ0n) is 19.1. The molecule has 1 aromatic heterocycles. The average molecular weight is 439 g/mol. The van der Waals surface area contributed by atoms with Crippen LogP contribution in [0, 0.1) is 0 Å². The lowest BCUT2D eigenvalue weighted by atomic mass is 9.84. The Labute approximate surface area is 187 Å². The molecule has 170 valence electrons. The predicted octanol–water partition coefficient (Wildman–Crippen LogP) is 5.26. The highest BCUT2D eigenvalue weighted by atomic mass is 16.5. The van der Waals surface area contributed by atoms with Crippen molar-refractivity contribution in [2.45, 2.75) is 46.6 Å². The van der Waals surface area contributed by atoms with E-state index in [0.29, 0.717) is 11.1 Å². The summed E-state index contributed by atoms with van der Waals surface area (Å²) in [5.41, 5.74) is 2.23. The third-order valence-electron chi connectivity index (χ3n) is 5.60. The number of carbonyl (C=O) groups is 1. The number of aromatic hydroxyl groups is 2. The Morgan fingerprint density at radius 1 is 1.03 bits per heavy atom. The monoisotopic (exact) mass is 438 g/mol. The minimum Gasteiger partial charge on any atom is -0.508 e. The Kier molecular flexibility index (Phi) is 6.60. The van der Waals surface area contributed by atoms with Gasteiger partial charge in [0.25, 0.3) is 0 Å². The fourth-order valence-corrected chi connectivity index (χ4v) is 3.73. The van der Waals surface area contributed by atoms with E-state index in [-0.39, 0.29) is 34.1 Å². The standard InChI is InChI=1S/C25H30N2O5/c1-6-27(7-2)14-15-8-10-16(11-9-15)21-22(24(30)31)26-32-23(21)17-12-18(25(3,4)5)20(29)13-19(17)28/h8-13,28-29H,6-7,14H2,1-5H3,(H,30,31). The number of phenols is 2. The summed E-state index contributed by atoms with van der Waals surface area (Å²) in [7, 11) is 0. The molecule has 0 saturated carbocycles. The van der Waals surface area contributed by atoms with E-state index in [1.807, 2.05) is 45.0 Å². The molecule has 32 heavy (non-hydrogen) atoms. The SMILES string of the molecule is CCN(CC)Cc1ccc(-c2c(C(=O)O)noc2-c2cc(C(C)(C)C)c(O)cc2O)cc1. The number of hydrogen-bond donors (Lipinski definition) is 3. The van der Waals surface area contributed by atoms with Crippen LogP contribution in [0.2, 0.25) is 0 Å². The molecule has 0 atom stereocenters. The number of aromatic carboxylic acids is 1. The molecule has 0 fully saturated rings. The summed E-state index contributed by atoms with van der Waals surface area (Å²) >= 11 is 0. The fraction of sp³-hybridized carbons (Fsp3) is 0.360. The van der Waals surface area contributed by atoms with Crippen LogP contribution in [0.15, 0.2) is 40.9 Å². The van der Waals surface area contributed by atoms with Crippen LogP contribution >= 0.6 is 0 Å². The topological polar surface area (TPSA) is 107 Å². The van der Waals surface area contributed by atoms with E-state index < -0.39 is 11.4 Å². The van der Waals surface area contributed by atoms with Gasteiger partial charge in [0.2, 0.25) is 0 Å². The predicted molar refractivity (Wildman–Crippen MR) is 123 cm³/mol.